The second kappa shape index (κ2) is 9.11. The fraction of sp³-hybridized carbons (Fsp3) is 0.407. The molecule has 3 aromatic rings. The summed E-state index contributed by atoms with van der Waals surface area (Å²) in [5, 5.41) is 4.56. The molecule has 184 valence electrons. The molecule has 1 atom stereocenters. The fourth-order valence-corrected chi connectivity index (χ4v) is 5.61. The monoisotopic (exact) mass is 495 g/mol. The lowest BCUT2D eigenvalue weighted by Gasteiger charge is -2.44. The van der Waals surface area contributed by atoms with Gasteiger partial charge >= 0.3 is 0 Å². The predicted molar refractivity (Wildman–Crippen MR) is 135 cm³/mol. The number of fused-ring (bicyclic) bond motifs is 3. The normalized spacial score (nSPS) is 20.2. The van der Waals surface area contributed by atoms with Crippen molar-refractivity contribution in [2.45, 2.75) is 57.3 Å². The molecule has 35 heavy (non-hydrogen) atoms. The van der Waals surface area contributed by atoms with E-state index in [4.69, 9.17) is 21.1 Å². The number of methoxy groups -OCH3 is 2. The maximum Gasteiger partial charge on any atom is 0.271 e. The molecule has 1 saturated carbocycles. The second-order valence-corrected chi connectivity index (χ2v) is 9.97. The van der Waals surface area contributed by atoms with Gasteiger partial charge in [0.25, 0.3) is 5.91 Å². The maximum atomic E-state index is 14.1. The second-order valence-electron chi connectivity index (χ2n) is 9.56. The van der Waals surface area contributed by atoms with Crippen molar-refractivity contribution < 1.29 is 19.1 Å². The van der Waals surface area contributed by atoms with E-state index in [0.717, 1.165) is 42.1 Å². The molecule has 0 radical (unpaired) electrons. The van der Waals surface area contributed by atoms with Crippen LogP contribution in [-0.2, 0) is 17.9 Å². The molecule has 1 aliphatic carbocycles. The van der Waals surface area contributed by atoms with Gasteiger partial charge in [0, 0.05) is 23.0 Å². The minimum atomic E-state index is -1.13. The minimum Gasteiger partial charge on any atom is -0.496 e. The van der Waals surface area contributed by atoms with E-state index in [-0.39, 0.29) is 30.9 Å². The number of carbonyl (C=O) groups is 2. The molecule has 2 aliphatic rings. The highest BCUT2D eigenvalue weighted by Crippen LogP contribution is 2.41. The summed E-state index contributed by atoms with van der Waals surface area (Å²) in [5.74, 6) is 0.878. The standard InChI is InChI=1S/C27H30ClN3O4/c1-27(26(33)29-18-9-5-6-10-18)16-30-21(14-19-22(34-2)12-13-23(35-3)24(19)30)25(32)31(27)15-17-8-4-7-11-20(17)28/h4,7-8,11-14,18H,5-6,9-10,15-16H2,1-3H3,(H,29,33)/t27-/m1/s1. The third kappa shape index (κ3) is 3.92. The van der Waals surface area contributed by atoms with Crippen LogP contribution in [0.4, 0.5) is 0 Å². The van der Waals surface area contributed by atoms with Gasteiger partial charge in [0.15, 0.2) is 0 Å². The van der Waals surface area contributed by atoms with Crippen LogP contribution in [0.25, 0.3) is 10.9 Å². The Labute approximate surface area is 209 Å². The lowest BCUT2D eigenvalue weighted by molar-refractivity contribution is -0.133. The lowest BCUT2D eigenvalue weighted by atomic mass is 9.93. The molecular weight excluding hydrogens is 466 g/mol. The van der Waals surface area contributed by atoms with Gasteiger partial charge in [-0.3, -0.25) is 9.59 Å². The van der Waals surface area contributed by atoms with Crippen molar-refractivity contribution in [3.63, 3.8) is 0 Å². The van der Waals surface area contributed by atoms with E-state index in [1.807, 2.05) is 47.9 Å². The zero-order valence-corrected chi connectivity index (χ0v) is 21.0. The molecule has 2 heterocycles. The van der Waals surface area contributed by atoms with Gasteiger partial charge in [-0.15, -0.1) is 0 Å². The number of rotatable bonds is 6. The van der Waals surface area contributed by atoms with Crippen molar-refractivity contribution in [2.24, 2.45) is 0 Å². The van der Waals surface area contributed by atoms with Crippen LogP contribution in [0, 0.1) is 0 Å². The summed E-state index contributed by atoms with van der Waals surface area (Å²) in [5.41, 5.74) is 0.891. The molecule has 1 aliphatic heterocycles. The van der Waals surface area contributed by atoms with Gasteiger partial charge in [-0.1, -0.05) is 42.6 Å². The average molecular weight is 496 g/mol. The number of amides is 2. The van der Waals surface area contributed by atoms with Crippen LogP contribution >= 0.6 is 11.6 Å². The minimum absolute atomic E-state index is 0.133. The molecule has 7 nitrogen and oxygen atoms in total. The summed E-state index contributed by atoms with van der Waals surface area (Å²) < 4.78 is 13.1. The van der Waals surface area contributed by atoms with E-state index in [9.17, 15) is 9.59 Å². The Morgan fingerprint density at radius 2 is 1.80 bits per heavy atom. The number of nitrogens with one attached hydrogen (secondary N) is 1. The highest BCUT2D eigenvalue weighted by molar-refractivity contribution is 6.31. The van der Waals surface area contributed by atoms with Gasteiger partial charge in [0.05, 0.1) is 26.3 Å². The Hall–Kier alpha value is -3.19. The fourth-order valence-electron chi connectivity index (χ4n) is 5.41. The zero-order valence-electron chi connectivity index (χ0n) is 20.3. The number of hydrogen-bond donors (Lipinski definition) is 1. The average Bonchev–Trinajstić information content (AvgIpc) is 3.50. The first-order chi connectivity index (χ1) is 16.9. The van der Waals surface area contributed by atoms with Crippen LogP contribution in [0.15, 0.2) is 42.5 Å². The van der Waals surface area contributed by atoms with Crippen LogP contribution in [0.1, 0.15) is 48.7 Å². The van der Waals surface area contributed by atoms with E-state index < -0.39 is 5.54 Å². The first-order valence-electron chi connectivity index (χ1n) is 12.0. The molecule has 1 fully saturated rings. The van der Waals surface area contributed by atoms with Gasteiger partial charge in [0.2, 0.25) is 5.91 Å². The SMILES string of the molecule is COc1ccc(OC)c2c1cc1n2C[C@](C)(C(=O)NC2CCCC2)N(Cc2ccccc2Cl)C1=O. The van der Waals surface area contributed by atoms with Crippen molar-refractivity contribution in [3.05, 3.63) is 58.7 Å². The van der Waals surface area contributed by atoms with Crippen LogP contribution in [0.2, 0.25) is 5.02 Å². The van der Waals surface area contributed by atoms with Crippen LogP contribution in [-0.4, -0.2) is 47.1 Å². The summed E-state index contributed by atoms with van der Waals surface area (Å²) >= 11 is 6.47. The molecule has 0 spiro atoms. The highest BCUT2D eigenvalue weighted by atomic mass is 35.5. The Morgan fingerprint density at radius 1 is 1.11 bits per heavy atom. The van der Waals surface area contributed by atoms with Gasteiger partial charge in [-0.05, 0) is 49.6 Å². The number of ether oxygens (including phenoxy) is 2. The molecule has 1 aromatic heterocycles. The Morgan fingerprint density at radius 3 is 2.49 bits per heavy atom. The maximum absolute atomic E-state index is 14.1. The van der Waals surface area contributed by atoms with Crippen molar-refractivity contribution in [1.82, 2.24) is 14.8 Å². The van der Waals surface area contributed by atoms with Crippen molar-refractivity contribution in [1.29, 1.82) is 0 Å². The van der Waals surface area contributed by atoms with E-state index in [0.29, 0.717) is 22.2 Å². The van der Waals surface area contributed by atoms with Gasteiger partial charge < -0.3 is 24.3 Å². The molecule has 1 N–H and O–H groups in total. The topological polar surface area (TPSA) is 72.8 Å². The quantitative estimate of drug-likeness (QED) is 0.534. The van der Waals surface area contributed by atoms with Crippen molar-refractivity contribution >= 4 is 34.3 Å². The number of carbonyl (C=O) groups excluding carboxylic acids is 2. The first kappa shape index (κ1) is 23.5. The summed E-state index contributed by atoms with van der Waals surface area (Å²) in [6.45, 7) is 2.35. The molecule has 5 rings (SSSR count). The Bertz CT molecular complexity index is 1300. The van der Waals surface area contributed by atoms with Crippen LogP contribution in [0.5, 0.6) is 11.5 Å². The summed E-state index contributed by atoms with van der Waals surface area (Å²) in [7, 11) is 3.20. The van der Waals surface area contributed by atoms with Crippen molar-refractivity contribution in [3.8, 4) is 11.5 Å². The molecule has 0 unspecified atom stereocenters. The number of aromatic nitrogens is 1. The zero-order chi connectivity index (χ0) is 24.7. The molecule has 2 amide bonds. The van der Waals surface area contributed by atoms with Gasteiger partial charge in [-0.2, -0.15) is 0 Å². The van der Waals surface area contributed by atoms with Crippen molar-refractivity contribution in [2.75, 3.05) is 14.2 Å². The number of hydrogen-bond acceptors (Lipinski definition) is 4. The Kier molecular flexibility index (Phi) is 6.13. The summed E-state index contributed by atoms with van der Waals surface area (Å²) in [4.78, 5) is 29.6. The van der Waals surface area contributed by atoms with E-state index in [2.05, 4.69) is 5.32 Å². The first-order valence-corrected chi connectivity index (χ1v) is 12.4. The van der Waals surface area contributed by atoms with Crippen LogP contribution < -0.4 is 14.8 Å². The Balaban J connectivity index is 1.65. The molecular formula is C27H30ClN3O4. The molecule has 0 bridgehead atoms. The summed E-state index contributed by atoms with van der Waals surface area (Å²) in [6, 6.07) is 13.0. The van der Waals surface area contributed by atoms with Gasteiger partial charge in [-0.25, -0.2) is 0 Å². The third-order valence-electron chi connectivity index (χ3n) is 7.41. The van der Waals surface area contributed by atoms with E-state index in [1.54, 1.807) is 25.2 Å². The summed E-state index contributed by atoms with van der Waals surface area (Å²) in [6.07, 6.45) is 4.13. The molecule has 8 heteroatoms. The number of nitrogens with zero attached hydrogens (tertiary/aromatic N) is 2. The number of benzene rings is 2. The smallest absolute Gasteiger partial charge is 0.271 e. The van der Waals surface area contributed by atoms with E-state index in [1.165, 1.54) is 0 Å². The largest absolute Gasteiger partial charge is 0.496 e. The third-order valence-corrected chi connectivity index (χ3v) is 7.78. The molecule has 0 saturated heterocycles. The molecule has 2 aromatic carbocycles. The highest BCUT2D eigenvalue weighted by Gasteiger charge is 2.48. The van der Waals surface area contributed by atoms with E-state index >= 15 is 0 Å². The predicted octanol–water partition coefficient (Wildman–Crippen LogP) is 4.79. The van der Waals surface area contributed by atoms with Gasteiger partial charge in [0.1, 0.15) is 22.7 Å². The lowest BCUT2D eigenvalue weighted by Crippen LogP contribution is -2.64. The van der Waals surface area contributed by atoms with Crippen LogP contribution in [0.3, 0.4) is 0 Å². The number of halogens is 1.